The maximum absolute atomic E-state index is 13.3. The minimum absolute atomic E-state index is 0.0617. The Balaban J connectivity index is 3.12. The summed E-state index contributed by atoms with van der Waals surface area (Å²) in [6.07, 6.45) is -0.862. The Labute approximate surface area is 121 Å². The Bertz CT molecular complexity index is 533. The fraction of sp³-hybridized carbons (Fsp3) is 0.429. The molecule has 21 heavy (non-hydrogen) atoms. The molecule has 1 aromatic carbocycles. The molecule has 1 atom stereocenters. The Kier molecular flexibility index (Phi) is 4.77. The van der Waals surface area contributed by atoms with E-state index in [1.165, 1.54) is 7.05 Å². The number of aromatic hydroxyl groups is 1. The average Bonchev–Trinajstić information content (AvgIpc) is 2.24. The molecule has 0 saturated heterocycles. The minimum atomic E-state index is -1.47. The highest BCUT2D eigenvalue weighted by Crippen LogP contribution is 2.26. The number of carboxylic acid groups (broad SMARTS) is 1. The van der Waals surface area contributed by atoms with Crippen LogP contribution >= 0.6 is 0 Å². The number of carboxylic acids is 1. The number of nitrogens with zero attached hydrogens (tertiary/aromatic N) is 1. The van der Waals surface area contributed by atoms with Gasteiger partial charge in [0, 0.05) is 13.1 Å². The number of phenols is 1. The van der Waals surface area contributed by atoms with Gasteiger partial charge in [-0.2, -0.15) is 0 Å². The van der Waals surface area contributed by atoms with Crippen molar-refractivity contribution in [1.82, 2.24) is 4.90 Å². The van der Waals surface area contributed by atoms with Crippen LogP contribution in [0.5, 0.6) is 5.75 Å². The van der Waals surface area contributed by atoms with Crippen LogP contribution in [0.25, 0.3) is 0 Å². The molecule has 0 aromatic heterocycles. The molecule has 0 saturated carbocycles. The zero-order valence-corrected chi connectivity index (χ0v) is 12.3. The van der Waals surface area contributed by atoms with Crippen LogP contribution in [0.1, 0.15) is 32.4 Å². The van der Waals surface area contributed by atoms with Crippen molar-refractivity contribution in [2.24, 2.45) is 0 Å². The quantitative estimate of drug-likeness (QED) is 0.895. The monoisotopic (exact) mass is 299 g/mol. The Morgan fingerprint density at radius 2 is 1.86 bits per heavy atom. The average molecular weight is 299 g/mol. The molecule has 0 bridgehead atoms. The van der Waals surface area contributed by atoms with Crippen LogP contribution in [0.4, 0.5) is 9.18 Å². The predicted molar refractivity (Wildman–Crippen MR) is 72.4 cm³/mol. The number of carbonyl (C=O) groups is 2. The fourth-order valence-corrected chi connectivity index (χ4v) is 1.73. The number of phenolic OH excluding ortho intramolecular Hbond substituents is 1. The van der Waals surface area contributed by atoms with Crippen molar-refractivity contribution >= 4 is 12.1 Å². The summed E-state index contributed by atoms with van der Waals surface area (Å²) in [5.41, 5.74) is -0.855. The number of hydrogen-bond donors (Lipinski definition) is 2. The molecule has 0 aliphatic carbocycles. The standard InChI is InChI=1S/C14H18FNO5/c1-14(2,3)21-13(20)16(4)11(12(18)19)8-5-9(15)7-10(17)6-8/h5-7,11,17H,1-4H3,(H,18,19). The summed E-state index contributed by atoms with van der Waals surface area (Å²) in [5, 5.41) is 18.6. The van der Waals surface area contributed by atoms with Crippen molar-refractivity contribution in [1.29, 1.82) is 0 Å². The zero-order chi connectivity index (χ0) is 16.4. The number of ether oxygens (including phenoxy) is 1. The van der Waals surface area contributed by atoms with E-state index in [1.807, 2.05) is 0 Å². The molecule has 116 valence electrons. The van der Waals surface area contributed by atoms with E-state index >= 15 is 0 Å². The first-order chi connectivity index (χ1) is 9.51. The van der Waals surface area contributed by atoms with Gasteiger partial charge in [0.05, 0.1) is 0 Å². The van der Waals surface area contributed by atoms with Gasteiger partial charge in [-0.05, 0) is 38.5 Å². The SMILES string of the molecule is CN(C(=O)OC(C)(C)C)C(C(=O)O)c1cc(O)cc(F)c1. The summed E-state index contributed by atoms with van der Waals surface area (Å²) < 4.78 is 18.4. The van der Waals surface area contributed by atoms with Gasteiger partial charge in [-0.15, -0.1) is 0 Å². The summed E-state index contributed by atoms with van der Waals surface area (Å²) in [5.74, 6) is -2.59. The Hall–Kier alpha value is -2.31. The molecule has 0 heterocycles. The van der Waals surface area contributed by atoms with Gasteiger partial charge in [0.2, 0.25) is 0 Å². The van der Waals surface area contributed by atoms with E-state index in [0.29, 0.717) is 0 Å². The van der Waals surface area contributed by atoms with Crippen LogP contribution < -0.4 is 0 Å². The van der Waals surface area contributed by atoms with Gasteiger partial charge in [0.1, 0.15) is 17.2 Å². The summed E-state index contributed by atoms with van der Waals surface area (Å²) in [6.45, 7) is 4.92. The number of benzene rings is 1. The highest BCUT2D eigenvalue weighted by Gasteiger charge is 2.32. The van der Waals surface area contributed by atoms with E-state index < -0.39 is 35.3 Å². The zero-order valence-electron chi connectivity index (χ0n) is 12.3. The van der Waals surface area contributed by atoms with Gasteiger partial charge >= 0.3 is 12.1 Å². The van der Waals surface area contributed by atoms with Gasteiger partial charge in [-0.25, -0.2) is 14.0 Å². The van der Waals surface area contributed by atoms with Crippen molar-refractivity contribution < 1.29 is 28.9 Å². The van der Waals surface area contributed by atoms with Crippen molar-refractivity contribution in [3.63, 3.8) is 0 Å². The Morgan fingerprint density at radius 3 is 2.29 bits per heavy atom. The summed E-state index contributed by atoms with van der Waals surface area (Å²) in [7, 11) is 1.23. The lowest BCUT2D eigenvalue weighted by Crippen LogP contribution is -2.39. The van der Waals surface area contributed by atoms with E-state index in [-0.39, 0.29) is 5.56 Å². The summed E-state index contributed by atoms with van der Waals surface area (Å²) in [6, 6.07) is 1.40. The van der Waals surface area contributed by atoms with E-state index in [4.69, 9.17) is 4.74 Å². The van der Waals surface area contributed by atoms with Crippen LogP contribution in [-0.2, 0) is 9.53 Å². The topological polar surface area (TPSA) is 87.1 Å². The van der Waals surface area contributed by atoms with Crippen molar-refractivity contribution in [3.8, 4) is 5.75 Å². The highest BCUT2D eigenvalue weighted by molar-refractivity contribution is 5.81. The fourth-order valence-electron chi connectivity index (χ4n) is 1.73. The molecule has 0 radical (unpaired) electrons. The van der Waals surface area contributed by atoms with Crippen LogP contribution in [-0.4, -0.2) is 39.8 Å². The van der Waals surface area contributed by atoms with E-state index in [1.54, 1.807) is 20.8 Å². The number of aliphatic carboxylic acids is 1. The molecule has 1 rings (SSSR count). The predicted octanol–water partition coefficient (Wildman–Crippen LogP) is 2.52. The third-order valence-electron chi connectivity index (χ3n) is 2.52. The van der Waals surface area contributed by atoms with Crippen LogP contribution in [0, 0.1) is 5.82 Å². The molecule has 1 unspecified atom stereocenters. The van der Waals surface area contributed by atoms with Gasteiger partial charge in [0.25, 0.3) is 0 Å². The van der Waals surface area contributed by atoms with Crippen LogP contribution in [0.3, 0.4) is 0 Å². The normalized spacial score (nSPS) is 12.6. The molecule has 2 N–H and O–H groups in total. The van der Waals surface area contributed by atoms with Crippen LogP contribution in [0.2, 0.25) is 0 Å². The number of rotatable bonds is 3. The van der Waals surface area contributed by atoms with E-state index in [9.17, 15) is 24.2 Å². The molecule has 1 amide bonds. The molecule has 0 spiro atoms. The Morgan fingerprint density at radius 1 is 1.29 bits per heavy atom. The van der Waals surface area contributed by atoms with Gasteiger partial charge in [0.15, 0.2) is 6.04 Å². The second-order valence-electron chi connectivity index (χ2n) is 5.57. The van der Waals surface area contributed by atoms with Crippen molar-refractivity contribution in [2.75, 3.05) is 7.05 Å². The lowest BCUT2D eigenvalue weighted by Gasteiger charge is -2.28. The van der Waals surface area contributed by atoms with Crippen LogP contribution in [0.15, 0.2) is 18.2 Å². The molecule has 0 aliphatic rings. The number of likely N-dealkylation sites (N-methyl/N-ethyl adjacent to an activating group) is 1. The highest BCUT2D eigenvalue weighted by atomic mass is 19.1. The minimum Gasteiger partial charge on any atom is -0.508 e. The van der Waals surface area contributed by atoms with Gasteiger partial charge in [-0.3, -0.25) is 4.90 Å². The lowest BCUT2D eigenvalue weighted by molar-refractivity contribution is -0.142. The van der Waals surface area contributed by atoms with Gasteiger partial charge < -0.3 is 14.9 Å². The third kappa shape index (κ3) is 4.62. The van der Waals surface area contributed by atoms with Crippen molar-refractivity contribution in [3.05, 3.63) is 29.6 Å². The first-order valence-electron chi connectivity index (χ1n) is 6.19. The number of hydrogen-bond acceptors (Lipinski definition) is 4. The van der Waals surface area contributed by atoms with E-state index in [2.05, 4.69) is 0 Å². The number of amides is 1. The third-order valence-corrected chi connectivity index (χ3v) is 2.52. The smallest absolute Gasteiger partial charge is 0.411 e. The molecule has 0 fully saturated rings. The molecule has 1 aromatic rings. The molecular weight excluding hydrogens is 281 g/mol. The molecular formula is C14H18FNO5. The molecule has 6 nitrogen and oxygen atoms in total. The van der Waals surface area contributed by atoms with E-state index in [0.717, 1.165) is 23.1 Å². The maximum atomic E-state index is 13.3. The first-order valence-corrected chi connectivity index (χ1v) is 6.19. The largest absolute Gasteiger partial charge is 0.508 e. The maximum Gasteiger partial charge on any atom is 0.411 e. The number of halogens is 1. The molecule has 0 aliphatic heterocycles. The summed E-state index contributed by atoms with van der Waals surface area (Å²) >= 11 is 0. The van der Waals surface area contributed by atoms with Gasteiger partial charge in [-0.1, -0.05) is 0 Å². The second kappa shape index (κ2) is 5.99. The number of carbonyl (C=O) groups excluding carboxylic acids is 1. The molecule has 7 heteroatoms. The first kappa shape index (κ1) is 16.7. The summed E-state index contributed by atoms with van der Waals surface area (Å²) in [4.78, 5) is 24.1. The lowest BCUT2D eigenvalue weighted by atomic mass is 10.1. The second-order valence-corrected chi connectivity index (χ2v) is 5.57. The van der Waals surface area contributed by atoms with Crippen molar-refractivity contribution in [2.45, 2.75) is 32.4 Å².